The fourth-order valence-corrected chi connectivity index (χ4v) is 2.58. The van der Waals surface area contributed by atoms with Crippen LogP contribution in [-0.2, 0) is 16.0 Å². The molecule has 102 valence electrons. The molecule has 0 aromatic heterocycles. The lowest BCUT2D eigenvalue weighted by atomic mass is 10.0. The van der Waals surface area contributed by atoms with Crippen LogP contribution < -0.4 is 5.32 Å². The number of hydrogen-bond acceptors (Lipinski definition) is 3. The molecule has 1 unspecified atom stereocenters. The number of hydrogen-bond donors (Lipinski definition) is 1. The van der Waals surface area contributed by atoms with Crippen LogP contribution in [0.3, 0.4) is 0 Å². The zero-order valence-corrected chi connectivity index (χ0v) is 11.4. The van der Waals surface area contributed by atoms with Crippen molar-refractivity contribution >= 4 is 11.7 Å². The zero-order chi connectivity index (χ0) is 13.8. The zero-order valence-electron chi connectivity index (χ0n) is 11.4. The smallest absolute Gasteiger partial charge is 0.238 e. The van der Waals surface area contributed by atoms with Crippen LogP contribution in [0.2, 0.25) is 0 Å². The van der Waals surface area contributed by atoms with Gasteiger partial charge in [0.05, 0.1) is 18.8 Å². The first-order chi connectivity index (χ1) is 9.13. The van der Waals surface area contributed by atoms with Crippen molar-refractivity contribution in [3.05, 3.63) is 35.9 Å². The van der Waals surface area contributed by atoms with Crippen molar-refractivity contribution < 1.29 is 9.59 Å². The molecule has 0 radical (unpaired) electrons. The molecular formula is C15H20N2O2. The molecule has 0 spiro atoms. The van der Waals surface area contributed by atoms with Crippen LogP contribution in [0, 0.1) is 0 Å². The van der Waals surface area contributed by atoms with E-state index in [0.29, 0.717) is 13.0 Å². The van der Waals surface area contributed by atoms with Gasteiger partial charge in [0.15, 0.2) is 5.78 Å². The van der Waals surface area contributed by atoms with Gasteiger partial charge in [-0.1, -0.05) is 37.3 Å². The van der Waals surface area contributed by atoms with Gasteiger partial charge in [-0.3, -0.25) is 14.9 Å². The topological polar surface area (TPSA) is 49.4 Å². The standard InChI is InChI=1S/C15H20N2O2/c1-3-14-16-10-15(19)17(14)13(11(2)18)9-12-7-5-4-6-8-12/h4-8,13-14,16H,3,9-10H2,1-2H3/t13-,14?/m0/s1. The van der Waals surface area contributed by atoms with Crippen molar-refractivity contribution in [2.24, 2.45) is 0 Å². The Hall–Kier alpha value is -1.68. The third kappa shape index (κ3) is 3.01. The molecule has 19 heavy (non-hydrogen) atoms. The highest BCUT2D eigenvalue weighted by Gasteiger charge is 2.36. The van der Waals surface area contributed by atoms with Gasteiger partial charge in [-0.05, 0) is 18.9 Å². The lowest BCUT2D eigenvalue weighted by molar-refractivity contribution is -0.136. The van der Waals surface area contributed by atoms with E-state index in [1.54, 1.807) is 11.8 Å². The first kappa shape index (κ1) is 13.7. The summed E-state index contributed by atoms with van der Waals surface area (Å²) < 4.78 is 0. The van der Waals surface area contributed by atoms with E-state index < -0.39 is 0 Å². The van der Waals surface area contributed by atoms with Crippen molar-refractivity contribution in [1.29, 1.82) is 0 Å². The largest absolute Gasteiger partial charge is 0.316 e. The molecule has 0 aliphatic carbocycles. The summed E-state index contributed by atoms with van der Waals surface area (Å²) in [5, 5.41) is 3.15. The number of Topliss-reactive ketones (excluding diaryl/α,β-unsaturated/α-hetero) is 1. The summed E-state index contributed by atoms with van der Waals surface area (Å²) >= 11 is 0. The van der Waals surface area contributed by atoms with E-state index in [-0.39, 0.29) is 23.9 Å². The lowest BCUT2D eigenvalue weighted by Crippen LogP contribution is -2.48. The molecule has 2 atom stereocenters. The Morgan fingerprint density at radius 1 is 1.42 bits per heavy atom. The normalized spacial score (nSPS) is 20.6. The average Bonchev–Trinajstić information content (AvgIpc) is 2.78. The first-order valence-electron chi connectivity index (χ1n) is 6.72. The Kier molecular flexibility index (Phi) is 4.32. The van der Waals surface area contributed by atoms with E-state index >= 15 is 0 Å². The second-order valence-corrected chi connectivity index (χ2v) is 4.92. The SMILES string of the molecule is CCC1NCC(=O)N1[C@@H](Cc1ccccc1)C(C)=O. The van der Waals surface area contributed by atoms with Crippen LogP contribution in [0.4, 0.5) is 0 Å². The third-order valence-electron chi connectivity index (χ3n) is 3.58. The molecule has 0 bridgehead atoms. The van der Waals surface area contributed by atoms with Gasteiger partial charge < -0.3 is 4.90 Å². The highest BCUT2D eigenvalue weighted by atomic mass is 16.2. The van der Waals surface area contributed by atoms with Gasteiger partial charge in [-0.25, -0.2) is 0 Å². The number of amides is 1. The van der Waals surface area contributed by atoms with Gasteiger partial charge in [0.2, 0.25) is 5.91 Å². The first-order valence-corrected chi connectivity index (χ1v) is 6.72. The van der Waals surface area contributed by atoms with E-state index in [0.717, 1.165) is 12.0 Å². The summed E-state index contributed by atoms with van der Waals surface area (Å²) in [5.41, 5.74) is 1.08. The van der Waals surface area contributed by atoms with Gasteiger partial charge in [0.1, 0.15) is 0 Å². The maximum atomic E-state index is 12.0. The van der Waals surface area contributed by atoms with Gasteiger partial charge in [-0.2, -0.15) is 0 Å². The minimum atomic E-state index is -0.366. The van der Waals surface area contributed by atoms with Crippen molar-refractivity contribution in [3.63, 3.8) is 0 Å². The van der Waals surface area contributed by atoms with Crippen LogP contribution >= 0.6 is 0 Å². The van der Waals surface area contributed by atoms with E-state index in [1.807, 2.05) is 37.3 Å². The van der Waals surface area contributed by atoms with Gasteiger partial charge in [0, 0.05) is 6.42 Å². The molecule has 0 saturated carbocycles. The fourth-order valence-electron chi connectivity index (χ4n) is 2.58. The molecule has 1 aliphatic rings. The predicted molar refractivity (Wildman–Crippen MR) is 73.5 cm³/mol. The Morgan fingerprint density at radius 3 is 2.68 bits per heavy atom. The number of nitrogens with zero attached hydrogens (tertiary/aromatic N) is 1. The van der Waals surface area contributed by atoms with Gasteiger partial charge in [0.25, 0.3) is 0 Å². The molecule has 1 saturated heterocycles. The second kappa shape index (κ2) is 5.97. The molecular weight excluding hydrogens is 240 g/mol. The minimum Gasteiger partial charge on any atom is -0.316 e. The Balaban J connectivity index is 2.20. The Morgan fingerprint density at radius 2 is 2.11 bits per heavy atom. The average molecular weight is 260 g/mol. The molecule has 1 fully saturated rings. The fraction of sp³-hybridized carbons (Fsp3) is 0.467. The summed E-state index contributed by atoms with van der Waals surface area (Å²) in [6.45, 7) is 3.91. The number of benzene rings is 1. The number of carbonyl (C=O) groups excluding carboxylic acids is 2. The molecule has 4 heteroatoms. The highest BCUT2D eigenvalue weighted by Crippen LogP contribution is 2.17. The summed E-state index contributed by atoms with van der Waals surface area (Å²) in [6, 6.07) is 9.47. The van der Waals surface area contributed by atoms with E-state index in [1.165, 1.54) is 0 Å². The molecule has 1 aromatic carbocycles. The molecule has 1 heterocycles. The van der Waals surface area contributed by atoms with Gasteiger partial charge in [-0.15, -0.1) is 0 Å². The van der Waals surface area contributed by atoms with Crippen LogP contribution in [0.1, 0.15) is 25.8 Å². The van der Waals surface area contributed by atoms with Crippen molar-refractivity contribution in [3.8, 4) is 0 Å². The third-order valence-corrected chi connectivity index (χ3v) is 3.58. The Labute approximate surface area is 113 Å². The van der Waals surface area contributed by atoms with Crippen molar-refractivity contribution in [1.82, 2.24) is 10.2 Å². The summed E-state index contributed by atoms with van der Waals surface area (Å²) in [7, 11) is 0. The number of nitrogens with one attached hydrogen (secondary N) is 1. The minimum absolute atomic E-state index is 0.0166. The summed E-state index contributed by atoms with van der Waals surface area (Å²) in [5.74, 6) is 0.0577. The lowest BCUT2D eigenvalue weighted by Gasteiger charge is -2.30. The maximum Gasteiger partial charge on any atom is 0.238 e. The number of rotatable bonds is 5. The molecule has 1 aliphatic heterocycles. The predicted octanol–water partition coefficient (Wildman–Crippen LogP) is 1.35. The number of carbonyl (C=O) groups is 2. The van der Waals surface area contributed by atoms with Crippen LogP contribution in [0.25, 0.3) is 0 Å². The van der Waals surface area contributed by atoms with Crippen molar-refractivity contribution in [2.45, 2.75) is 38.9 Å². The van der Waals surface area contributed by atoms with Crippen LogP contribution in [0.15, 0.2) is 30.3 Å². The summed E-state index contributed by atoms with van der Waals surface area (Å²) in [6.07, 6.45) is 1.37. The molecule has 1 amide bonds. The Bertz CT molecular complexity index is 458. The monoisotopic (exact) mass is 260 g/mol. The molecule has 1 aromatic rings. The van der Waals surface area contributed by atoms with E-state index in [2.05, 4.69) is 5.32 Å². The van der Waals surface area contributed by atoms with Crippen LogP contribution in [-0.4, -0.2) is 35.3 Å². The van der Waals surface area contributed by atoms with E-state index in [9.17, 15) is 9.59 Å². The summed E-state index contributed by atoms with van der Waals surface area (Å²) in [4.78, 5) is 25.6. The quantitative estimate of drug-likeness (QED) is 0.869. The number of ketones is 1. The van der Waals surface area contributed by atoms with Crippen LogP contribution in [0.5, 0.6) is 0 Å². The highest BCUT2D eigenvalue weighted by molar-refractivity contribution is 5.89. The van der Waals surface area contributed by atoms with Crippen molar-refractivity contribution in [2.75, 3.05) is 6.54 Å². The molecule has 1 N–H and O–H groups in total. The van der Waals surface area contributed by atoms with E-state index in [4.69, 9.17) is 0 Å². The second-order valence-electron chi connectivity index (χ2n) is 4.92. The molecule has 2 rings (SSSR count). The maximum absolute atomic E-state index is 12.0. The molecule has 4 nitrogen and oxygen atoms in total. The van der Waals surface area contributed by atoms with Gasteiger partial charge >= 0.3 is 0 Å².